The van der Waals surface area contributed by atoms with Crippen LogP contribution in [0, 0.1) is 27.7 Å². The van der Waals surface area contributed by atoms with Crippen LogP contribution in [0.15, 0.2) is 59.7 Å². The molecule has 0 spiro atoms. The summed E-state index contributed by atoms with van der Waals surface area (Å²) in [6.45, 7) is 8.46. The summed E-state index contributed by atoms with van der Waals surface area (Å²) in [7, 11) is 0. The van der Waals surface area contributed by atoms with Gasteiger partial charge in [-0.05, 0) is 62.6 Å². The number of hydrogen-bond donors (Lipinski definition) is 2. The molecule has 154 valence electrons. The van der Waals surface area contributed by atoms with Crippen molar-refractivity contribution in [2.24, 2.45) is 5.10 Å². The Morgan fingerprint density at radius 3 is 2.27 bits per heavy atom. The third-order valence-corrected chi connectivity index (χ3v) is 4.81. The van der Waals surface area contributed by atoms with Crippen LogP contribution in [0.1, 0.15) is 33.6 Å². The van der Waals surface area contributed by atoms with Crippen molar-refractivity contribution in [2.45, 2.75) is 34.2 Å². The van der Waals surface area contributed by atoms with E-state index in [-0.39, 0.29) is 6.54 Å². The van der Waals surface area contributed by atoms with Crippen molar-refractivity contribution in [3.05, 3.63) is 88.2 Å². The van der Waals surface area contributed by atoms with Crippen LogP contribution in [0.5, 0.6) is 0 Å². The molecule has 0 unspecified atom stereocenters. The van der Waals surface area contributed by atoms with Crippen molar-refractivity contribution in [3.63, 3.8) is 0 Å². The minimum atomic E-state index is -0.801. The third kappa shape index (κ3) is 5.03. The van der Waals surface area contributed by atoms with E-state index in [0.717, 1.165) is 28.2 Å². The second-order valence-electron chi connectivity index (χ2n) is 7.38. The third-order valence-electron chi connectivity index (χ3n) is 4.81. The zero-order valence-electron chi connectivity index (χ0n) is 17.7. The van der Waals surface area contributed by atoms with Crippen LogP contribution in [0.2, 0.25) is 0 Å². The summed E-state index contributed by atoms with van der Waals surface area (Å²) in [5, 5.41) is 6.54. The van der Waals surface area contributed by atoms with Crippen molar-refractivity contribution >= 4 is 18.0 Å². The fourth-order valence-corrected chi connectivity index (χ4v) is 3.47. The molecule has 30 heavy (non-hydrogen) atoms. The maximum Gasteiger partial charge on any atom is 0.329 e. The Hall–Kier alpha value is -3.67. The van der Waals surface area contributed by atoms with Crippen LogP contribution >= 0.6 is 0 Å². The standard InChI is InChI=1S/C24H26N4O2/c1-16-10-17(2)12-22(11-16)28-18(3)13-21(19(28)4)15-26-27-24(30)23(29)25-14-20-8-6-5-7-9-20/h5-13,15H,14H2,1-4H3,(H,25,29)(H,27,30)/b26-15-. The zero-order valence-corrected chi connectivity index (χ0v) is 17.7. The van der Waals surface area contributed by atoms with Gasteiger partial charge in [0.25, 0.3) is 0 Å². The molecule has 0 fully saturated rings. The van der Waals surface area contributed by atoms with Crippen molar-refractivity contribution in [1.29, 1.82) is 0 Å². The maximum atomic E-state index is 12.0. The second kappa shape index (κ2) is 9.22. The molecular formula is C24H26N4O2. The van der Waals surface area contributed by atoms with E-state index in [2.05, 4.69) is 52.5 Å². The normalized spacial score (nSPS) is 10.9. The average Bonchev–Trinajstić information content (AvgIpc) is 2.99. The molecule has 0 bridgehead atoms. The number of amides is 2. The molecule has 0 aliphatic heterocycles. The first-order valence-electron chi connectivity index (χ1n) is 9.78. The van der Waals surface area contributed by atoms with E-state index in [0.29, 0.717) is 0 Å². The summed E-state index contributed by atoms with van der Waals surface area (Å²) in [5.74, 6) is -1.53. The Bertz CT molecular complexity index is 1080. The largest absolute Gasteiger partial charge is 0.344 e. The quantitative estimate of drug-likeness (QED) is 0.389. The van der Waals surface area contributed by atoms with Crippen LogP contribution < -0.4 is 10.7 Å². The van der Waals surface area contributed by atoms with Gasteiger partial charge in [0.15, 0.2) is 0 Å². The molecule has 0 aliphatic rings. The lowest BCUT2D eigenvalue weighted by atomic mass is 10.1. The van der Waals surface area contributed by atoms with Crippen LogP contribution in [0.25, 0.3) is 5.69 Å². The van der Waals surface area contributed by atoms with Crippen LogP contribution in [0.4, 0.5) is 0 Å². The predicted molar refractivity (Wildman–Crippen MR) is 119 cm³/mol. The summed E-state index contributed by atoms with van der Waals surface area (Å²) in [4.78, 5) is 23.9. The van der Waals surface area contributed by atoms with Gasteiger partial charge < -0.3 is 9.88 Å². The lowest BCUT2D eigenvalue weighted by Crippen LogP contribution is -2.37. The summed E-state index contributed by atoms with van der Waals surface area (Å²) in [6.07, 6.45) is 1.56. The molecule has 2 amide bonds. The van der Waals surface area contributed by atoms with Crippen molar-refractivity contribution in [1.82, 2.24) is 15.3 Å². The zero-order chi connectivity index (χ0) is 21.7. The molecule has 0 saturated carbocycles. The Balaban J connectivity index is 1.65. The van der Waals surface area contributed by atoms with Gasteiger partial charge >= 0.3 is 11.8 Å². The molecule has 0 saturated heterocycles. The summed E-state index contributed by atoms with van der Waals surface area (Å²) < 4.78 is 2.15. The number of hydrazone groups is 1. The van der Waals surface area contributed by atoms with Gasteiger partial charge in [-0.15, -0.1) is 0 Å². The van der Waals surface area contributed by atoms with Gasteiger partial charge in [-0.25, -0.2) is 5.43 Å². The lowest BCUT2D eigenvalue weighted by Gasteiger charge is -2.11. The van der Waals surface area contributed by atoms with E-state index in [4.69, 9.17) is 0 Å². The Morgan fingerprint density at radius 2 is 1.60 bits per heavy atom. The highest BCUT2D eigenvalue weighted by atomic mass is 16.2. The minimum Gasteiger partial charge on any atom is -0.344 e. The molecule has 0 radical (unpaired) electrons. The molecule has 2 N–H and O–H groups in total. The minimum absolute atomic E-state index is 0.286. The highest BCUT2D eigenvalue weighted by molar-refractivity contribution is 6.35. The Kier molecular flexibility index (Phi) is 6.47. The molecule has 3 rings (SSSR count). The second-order valence-corrected chi connectivity index (χ2v) is 7.38. The number of aryl methyl sites for hydroxylation is 3. The van der Waals surface area contributed by atoms with Gasteiger partial charge in [-0.2, -0.15) is 5.10 Å². The number of benzene rings is 2. The number of nitrogens with one attached hydrogen (secondary N) is 2. The first-order valence-corrected chi connectivity index (χ1v) is 9.78. The van der Waals surface area contributed by atoms with Crippen LogP contribution in [-0.2, 0) is 16.1 Å². The van der Waals surface area contributed by atoms with Crippen LogP contribution in [-0.4, -0.2) is 22.6 Å². The molecule has 0 atom stereocenters. The lowest BCUT2D eigenvalue weighted by molar-refractivity contribution is -0.139. The van der Waals surface area contributed by atoms with E-state index < -0.39 is 11.8 Å². The number of aromatic nitrogens is 1. The van der Waals surface area contributed by atoms with Gasteiger partial charge in [0.2, 0.25) is 0 Å². The van der Waals surface area contributed by atoms with E-state index in [1.54, 1.807) is 6.21 Å². The average molecular weight is 402 g/mol. The molecule has 1 aromatic heterocycles. The number of carbonyl (C=O) groups is 2. The SMILES string of the molecule is Cc1cc(C)cc(-n2c(C)cc(/C=N\NC(=O)C(=O)NCc3ccccc3)c2C)c1. The fourth-order valence-electron chi connectivity index (χ4n) is 3.47. The number of hydrogen-bond acceptors (Lipinski definition) is 3. The monoisotopic (exact) mass is 402 g/mol. The number of rotatable bonds is 5. The summed E-state index contributed by atoms with van der Waals surface area (Å²) in [5.41, 5.74) is 9.63. The molecule has 6 heteroatoms. The maximum absolute atomic E-state index is 12.0. The van der Waals surface area contributed by atoms with E-state index in [9.17, 15) is 9.59 Å². The topological polar surface area (TPSA) is 75.5 Å². The fraction of sp³-hybridized carbons (Fsp3) is 0.208. The molecule has 0 aliphatic carbocycles. The van der Waals surface area contributed by atoms with Crippen molar-refractivity contribution in [3.8, 4) is 5.69 Å². The molecule has 1 heterocycles. The van der Waals surface area contributed by atoms with Crippen molar-refractivity contribution < 1.29 is 9.59 Å². The summed E-state index contributed by atoms with van der Waals surface area (Å²) >= 11 is 0. The first-order chi connectivity index (χ1) is 14.3. The highest BCUT2D eigenvalue weighted by Gasteiger charge is 2.13. The molecule has 6 nitrogen and oxygen atoms in total. The van der Waals surface area contributed by atoms with Gasteiger partial charge in [-0.1, -0.05) is 36.4 Å². The highest BCUT2D eigenvalue weighted by Crippen LogP contribution is 2.21. The van der Waals surface area contributed by atoms with Crippen LogP contribution in [0.3, 0.4) is 0 Å². The van der Waals surface area contributed by atoms with Gasteiger partial charge in [0.1, 0.15) is 0 Å². The smallest absolute Gasteiger partial charge is 0.329 e. The number of nitrogens with zero attached hydrogens (tertiary/aromatic N) is 2. The first kappa shape index (κ1) is 21.0. The molecule has 3 aromatic rings. The molecular weight excluding hydrogens is 376 g/mol. The van der Waals surface area contributed by atoms with Gasteiger partial charge in [-0.3, -0.25) is 9.59 Å². The van der Waals surface area contributed by atoms with E-state index in [1.165, 1.54) is 11.1 Å². The number of carbonyl (C=O) groups excluding carboxylic acids is 2. The van der Waals surface area contributed by atoms with Gasteiger partial charge in [0, 0.05) is 29.2 Å². The van der Waals surface area contributed by atoms with Gasteiger partial charge in [0.05, 0.1) is 6.21 Å². The Labute approximate surface area is 176 Å². The predicted octanol–water partition coefficient (Wildman–Crippen LogP) is 3.48. The molecule has 2 aromatic carbocycles. The van der Waals surface area contributed by atoms with Crippen molar-refractivity contribution in [2.75, 3.05) is 0 Å². The van der Waals surface area contributed by atoms with E-state index >= 15 is 0 Å². The van der Waals surface area contributed by atoms with E-state index in [1.807, 2.05) is 50.2 Å². The Morgan fingerprint density at radius 1 is 0.933 bits per heavy atom. The summed E-state index contributed by atoms with van der Waals surface area (Å²) in [6, 6.07) is 17.8.